The van der Waals surface area contributed by atoms with Crippen molar-refractivity contribution in [2.24, 2.45) is 0 Å². The predicted molar refractivity (Wildman–Crippen MR) is 93.4 cm³/mol. The number of para-hydroxylation sites is 1. The van der Waals surface area contributed by atoms with Gasteiger partial charge in [0.05, 0.1) is 5.52 Å². The van der Waals surface area contributed by atoms with Gasteiger partial charge in [0.15, 0.2) is 12.6 Å². The molecule has 1 saturated heterocycles. The highest BCUT2D eigenvalue weighted by Gasteiger charge is 2.28. The van der Waals surface area contributed by atoms with E-state index in [2.05, 4.69) is 9.71 Å². The fourth-order valence-corrected chi connectivity index (χ4v) is 3.97. The van der Waals surface area contributed by atoms with Gasteiger partial charge in [-0.15, -0.1) is 0 Å². The van der Waals surface area contributed by atoms with Crippen LogP contribution < -0.4 is 4.72 Å². The van der Waals surface area contributed by atoms with Crippen LogP contribution in [-0.4, -0.2) is 19.7 Å². The van der Waals surface area contributed by atoms with Crippen LogP contribution in [0.15, 0.2) is 65.7 Å². The van der Waals surface area contributed by atoms with Gasteiger partial charge in [0.1, 0.15) is 4.90 Å². The van der Waals surface area contributed by atoms with E-state index in [4.69, 9.17) is 9.47 Å². The van der Waals surface area contributed by atoms with Gasteiger partial charge in [-0.2, -0.15) is 0 Å². The normalized spacial score (nSPS) is 20.2. The van der Waals surface area contributed by atoms with E-state index in [1.807, 2.05) is 19.1 Å². The largest absolute Gasteiger partial charge is 0.320 e. The SMILES string of the molecule is CC1OC(c2ccc(NS(=O)(=O)c3cccc4cccnc34)cc2)O1. The minimum atomic E-state index is -3.75. The number of ether oxygens (including phenoxy) is 2. The average molecular weight is 356 g/mol. The van der Waals surface area contributed by atoms with E-state index in [9.17, 15) is 8.42 Å². The van der Waals surface area contributed by atoms with Gasteiger partial charge < -0.3 is 9.47 Å². The third-order valence-electron chi connectivity index (χ3n) is 3.95. The number of pyridine rings is 1. The lowest BCUT2D eigenvalue weighted by molar-refractivity contribution is -0.382. The minimum Gasteiger partial charge on any atom is -0.320 e. The molecule has 7 heteroatoms. The Labute approximate surface area is 145 Å². The molecule has 25 heavy (non-hydrogen) atoms. The summed E-state index contributed by atoms with van der Waals surface area (Å²) >= 11 is 0. The number of rotatable bonds is 4. The zero-order valence-corrected chi connectivity index (χ0v) is 14.2. The number of fused-ring (bicyclic) bond motifs is 1. The monoisotopic (exact) mass is 356 g/mol. The zero-order chi connectivity index (χ0) is 17.4. The molecular weight excluding hydrogens is 340 g/mol. The third-order valence-corrected chi connectivity index (χ3v) is 5.36. The van der Waals surface area contributed by atoms with Crippen molar-refractivity contribution in [3.05, 3.63) is 66.4 Å². The highest BCUT2D eigenvalue weighted by atomic mass is 32.2. The Morgan fingerprint density at radius 2 is 1.72 bits per heavy atom. The van der Waals surface area contributed by atoms with Crippen molar-refractivity contribution in [1.29, 1.82) is 0 Å². The van der Waals surface area contributed by atoms with Gasteiger partial charge in [-0.1, -0.05) is 30.3 Å². The average Bonchev–Trinajstić information content (AvgIpc) is 2.59. The van der Waals surface area contributed by atoms with E-state index in [1.165, 1.54) is 0 Å². The van der Waals surface area contributed by atoms with Gasteiger partial charge in [0.25, 0.3) is 10.0 Å². The maximum Gasteiger partial charge on any atom is 0.264 e. The van der Waals surface area contributed by atoms with Crippen LogP contribution in [0.4, 0.5) is 5.69 Å². The molecule has 4 rings (SSSR count). The van der Waals surface area contributed by atoms with Crippen LogP contribution in [0.2, 0.25) is 0 Å². The van der Waals surface area contributed by atoms with E-state index in [1.54, 1.807) is 48.7 Å². The Kier molecular flexibility index (Phi) is 3.91. The Balaban J connectivity index is 1.60. The van der Waals surface area contributed by atoms with Gasteiger partial charge in [0, 0.05) is 22.8 Å². The summed E-state index contributed by atoms with van der Waals surface area (Å²) in [6.45, 7) is 1.82. The molecule has 1 aliphatic rings. The van der Waals surface area contributed by atoms with Crippen molar-refractivity contribution in [1.82, 2.24) is 4.98 Å². The molecule has 3 aromatic rings. The van der Waals surface area contributed by atoms with Gasteiger partial charge in [0.2, 0.25) is 0 Å². The van der Waals surface area contributed by atoms with Crippen molar-refractivity contribution >= 4 is 26.6 Å². The second kappa shape index (κ2) is 6.11. The predicted octanol–water partition coefficient (Wildman–Crippen LogP) is 3.43. The number of hydrogen-bond acceptors (Lipinski definition) is 5. The first kappa shape index (κ1) is 16.0. The van der Waals surface area contributed by atoms with E-state index >= 15 is 0 Å². The van der Waals surface area contributed by atoms with Gasteiger partial charge in [-0.05, 0) is 31.2 Å². The van der Waals surface area contributed by atoms with Crippen LogP contribution >= 0.6 is 0 Å². The Hall–Kier alpha value is -2.48. The third kappa shape index (κ3) is 3.09. The van der Waals surface area contributed by atoms with E-state index in [-0.39, 0.29) is 17.5 Å². The molecular formula is C18H16N2O4S. The smallest absolute Gasteiger partial charge is 0.264 e. The molecule has 2 heterocycles. The van der Waals surface area contributed by atoms with Crippen molar-refractivity contribution < 1.29 is 17.9 Å². The molecule has 2 aromatic carbocycles. The Bertz CT molecular complexity index is 1010. The quantitative estimate of drug-likeness (QED) is 0.775. The molecule has 6 nitrogen and oxygen atoms in total. The molecule has 1 aromatic heterocycles. The number of nitrogens with one attached hydrogen (secondary N) is 1. The fraction of sp³-hybridized carbons (Fsp3) is 0.167. The van der Waals surface area contributed by atoms with E-state index in [0.717, 1.165) is 10.9 Å². The lowest BCUT2D eigenvalue weighted by Gasteiger charge is -2.33. The van der Waals surface area contributed by atoms with Gasteiger partial charge in [-0.3, -0.25) is 9.71 Å². The summed E-state index contributed by atoms with van der Waals surface area (Å²) in [5, 5.41) is 0.772. The van der Waals surface area contributed by atoms with Gasteiger partial charge >= 0.3 is 0 Å². The zero-order valence-electron chi connectivity index (χ0n) is 13.4. The number of sulfonamides is 1. The molecule has 0 unspecified atom stereocenters. The molecule has 128 valence electrons. The van der Waals surface area contributed by atoms with Crippen molar-refractivity contribution in [3.8, 4) is 0 Å². The number of hydrogen-bond donors (Lipinski definition) is 1. The number of anilines is 1. The molecule has 0 aliphatic carbocycles. The number of benzene rings is 2. The van der Waals surface area contributed by atoms with Crippen molar-refractivity contribution in [2.45, 2.75) is 24.4 Å². The summed E-state index contributed by atoms with van der Waals surface area (Å²) in [6.07, 6.45) is 0.987. The highest BCUT2D eigenvalue weighted by Crippen LogP contribution is 2.32. The lowest BCUT2D eigenvalue weighted by Crippen LogP contribution is -2.31. The van der Waals surface area contributed by atoms with Crippen LogP contribution in [0.1, 0.15) is 18.8 Å². The van der Waals surface area contributed by atoms with Crippen molar-refractivity contribution in [3.63, 3.8) is 0 Å². The van der Waals surface area contributed by atoms with Crippen LogP contribution in [0.3, 0.4) is 0 Å². The number of aromatic nitrogens is 1. The summed E-state index contributed by atoms with van der Waals surface area (Å²) in [5.74, 6) is 0. The summed E-state index contributed by atoms with van der Waals surface area (Å²) < 4.78 is 38.9. The summed E-state index contributed by atoms with van der Waals surface area (Å²) in [4.78, 5) is 4.35. The Morgan fingerprint density at radius 1 is 1.00 bits per heavy atom. The van der Waals surface area contributed by atoms with Crippen LogP contribution in [0.25, 0.3) is 10.9 Å². The molecule has 0 saturated carbocycles. The first-order valence-electron chi connectivity index (χ1n) is 7.80. The van der Waals surface area contributed by atoms with Crippen molar-refractivity contribution in [2.75, 3.05) is 4.72 Å². The fourth-order valence-electron chi connectivity index (χ4n) is 2.73. The maximum absolute atomic E-state index is 12.7. The molecule has 0 amide bonds. The van der Waals surface area contributed by atoms with Gasteiger partial charge in [-0.25, -0.2) is 8.42 Å². The maximum atomic E-state index is 12.7. The van der Waals surface area contributed by atoms with Crippen LogP contribution in [-0.2, 0) is 19.5 Å². The minimum absolute atomic E-state index is 0.147. The van der Waals surface area contributed by atoms with E-state index in [0.29, 0.717) is 11.2 Å². The second-order valence-electron chi connectivity index (χ2n) is 5.73. The van der Waals surface area contributed by atoms with Crippen LogP contribution in [0.5, 0.6) is 0 Å². The first-order chi connectivity index (χ1) is 12.0. The molecule has 0 atom stereocenters. The summed E-state index contributed by atoms with van der Waals surface area (Å²) in [5.41, 5.74) is 1.75. The highest BCUT2D eigenvalue weighted by molar-refractivity contribution is 7.93. The first-order valence-corrected chi connectivity index (χ1v) is 9.29. The molecule has 1 fully saturated rings. The standard InChI is InChI=1S/C18H16N2O4S/c1-12-23-18(24-12)14-7-9-15(10-8-14)20-25(21,22)16-6-2-4-13-5-3-11-19-17(13)16/h2-12,18,20H,1H3. The summed E-state index contributed by atoms with van der Waals surface area (Å²) in [6, 6.07) is 15.6. The molecule has 0 bridgehead atoms. The van der Waals surface area contributed by atoms with E-state index < -0.39 is 10.0 Å². The molecule has 1 aliphatic heterocycles. The molecule has 1 N–H and O–H groups in total. The Morgan fingerprint density at radius 3 is 2.44 bits per heavy atom. The van der Waals surface area contributed by atoms with Crippen LogP contribution in [0, 0.1) is 0 Å². The second-order valence-corrected chi connectivity index (χ2v) is 7.38. The molecule has 0 spiro atoms. The lowest BCUT2D eigenvalue weighted by atomic mass is 10.2. The topological polar surface area (TPSA) is 77.5 Å². The summed E-state index contributed by atoms with van der Waals surface area (Å²) in [7, 11) is -3.75. The number of nitrogens with zero attached hydrogens (tertiary/aromatic N) is 1. The molecule has 0 radical (unpaired) electrons.